The SMILES string of the molecule is COc1cccc(N[C@H]2COC3(CCN(C(=O)C4CC4)CC3)C2)c1. The molecule has 5 nitrogen and oxygen atoms in total. The Balaban J connectivity index is 1.32. The number of carbonyl (C=O) groups is 1. The number of piperidine rings is 1. The minimum atomic E-state index is -0.0448. The number of hydrogen-bond donors (Lipinski definition) is 1. The van der Waals surface area contributed by atoms with E-state index in [4.69, 9.17) is 9.47 Å². The van der Waals surface area contributed by atoms with E-state index in [0.717, 1.165) is 63.2 Å². The summed E-state index contributed by atoms with van der Waals surface area (Å²) in [6.45, 7) is 2.43. The fraction of sp³-hybridized carbons (Fsp3) is 0.632. The molecule has 2 saturated heterocycles. The first-order valence-corrected chi connectivity index (χ1v) is 9.01. The van der Waals surface area contributed by atoms with Crippen molar-refractivity contribution in [3.63, 3.8) is 0 Å². The van der Waals surface area contributed by atoms with Gasteiger partial charge in [-0.3, -0.25) is 4.79 Å². The Kier molecular flexibility index (Phi) is 4.12. The van der Waals surface area contributed by atoms with Gasteiger partial charge in [0.1, 0.15) is 5.75 Å². The van der Waals surface area contributed by atoms with E-state index in [0.29, 0.717) is 17.9 Å². The maximum absolute atomic E-state index is 12.2. The van der Waals surface area contributed by atoms with E-state index in [1.54, 1.807) is 7.11 Å². The molecule has 1 aliphatic carbocycles. The molecule has 2 heterocycles. The van der Waals surface area contributed by atoms with Crippen LogP contribution < -0.4 is 10.1 Å². The second-order valence-corrected chi connectivity index (χ2v) is 7.37. The molecule has 2 aliphatic heterocycles. The highest BCUT2D eigenvalue weighted by Gasteiger charge is 2.44. The minimum absolute atomic E-state index is 0.0448. The lowest BCUT2D eigenvalue weighted by Gasteiger charge is -2.38. The topological polar surface area (TPSA) is 50.8 Å². The van der Waals surface area contributed by atoms with E-state index in [1.165, 1.54) is 0 Å². The summed E-state index contributed by atoms with van der Waals surface area (Å²) < 4.78 is 11.5. The van der Waals surface area contributed by atoms with Gasteiger partial charge in [-0.25, -0.2) is 0 Å². The fourth-order valence-corrected chi connectivity index (χ4v) is 3.96. The molecule has 1 N–H and O–H groups in total. The van der Waals surface area contributed by atoms with Gasteiger partial charge in [-0.1, -0.05) is 6.07 Å². The summed E-state index contributed by atoms with van der Waals surface area (Å²) in [5.74, 6) is 1.56. The van der Waals surface area contributed by atoms with Gasteiger partial charge < -0.3 is 19.7 Å². The summed E-state index contributed by atoms with van der Waals surface area (Å²) in [6.07, 6.45) is 5.10. The van der Waals surface area contributed by atoms with Crippen molar-refractivity contribution in [2.24, 2.45) is 5.92 Å². The Bertz CT molecular complexity index is 606. The molecule has 4 rings (SSSR count). The number of rotatable bonds is 4. The standard InChI is InChI=1S/C19H26N2O3/c1-23-17-4-2-3-15(11-17)20-16-12-19(24-13-16)7-9-21(10-8-19)18(22)14-5-6-14/h2-4,11,14,16,20H,5-10,12-13H2,1H3/t16-/m1/s1. The first kappa shape index (κ1) is 15.8. The number of ether oxygens (including phenoxy) is 2. The number of likely N-dealkylation sites (tertiary alicyclic amines) is 1. The Morgan fingerprint density at radius 3 is 2.83 bits per heavy atom. The lowest BCUT2D eigenvalue weighted by atomic mass is 9.87. The van der Waals surface area contributed by atoms with Gasteiger partial charge in [0.2, 0.25) is 5.91 Å². The van der Waals surface area contributed by atoms with Gasteiger partial charge >= 0.3 is 0 Å². The molecule has 1 saturated carbocycles. The zero-order valence-corrected chi connectivity index (χ0v) is 14.3. The summed E-state index contributed by atoms with van der Waals surface area (Å²) >= 11 is 0. The number of carbonyl (C=O) groups excluding carboxylic acids is 1. The molecule has 130 valence electrons. The number of nitrogens with one attached hydrogen (secondary N) is 1. The zero-order chi connectivity index (χ0) is 16.6. The van der Waals surface area contributed by atoms with Crippen molar-refractivity contribution in [2.75, 3.05) is 32.1 Å². The number of hydrogen-bond acceptors (Lipinski definition) is 4. The number of nitrogens with zero attached hydrogens (tertiary/aromatic N) is 1. The van der Waals surface area contributed by atoms with Crippen molar-refractivity contribution < 1.29 is 14.3 Å². The smallest absolute Gasteiger partial charge is 0.225 e. The average molecular weight is 330 g/mol. The molecule has 0 unspecified atom stereocenters. The molecule has 0 aromatic heterocycles. The summed E-state index contributed by atoms with van der Waals surface area (Å²) in [5, 5.41) is 3.56. The Labute approximate surface area is 143 Å². The van der Waals surface area contributed by atoms with Gasteiger partial charge in [-0.05, 0) is 44.2 Å². The Morgan fingerprint density at radius 2 is 2.12 bits per heavy atom. The van der Waals surface area contributed by atoms with Gasteiger partial charge in [0.15, 0.2) is 0 Å². The number of methoxy groups -OCH3 is 1. The van der Waals surface area contributed by atoms with Crippen LogP contribution in [0, 0.1) is 5.92 Å². The Hall–Kier alpha value is -1.75. The van der Waals surface area contributed by atoms with E-state index < -0.39 is 0 Å². The van der Waals surface area contributed by atoms with Gasteiger partial charge in [0.25, 0.3) is 0 Å². The van der Waals surface area contributed by atoms with Crippen LogP contribution in [0.2, 0.25) is 0 Å². The second-order valence-electron chi connectivity index (χ2n) is 7.37. The largest absolute Gasteiger partial charge is 0.497 e. The summed E-state index contributed by atoms with van der Waals surface area (Å²) in [6, 6.07) is 8.34. The maximum atomic E-state index is 12.2. The van der Waals surface area contributed by atoms with Crippen LogP contribution in [0.25, 0.3) is 0 Å². The molecular formula is C19H26N2O3. The molecule has 1 aromatic rings. The van der Waals surface area contributed by atoms with Crippen LogP contribution in [0.3, 0.4) is 0 Å². The average Bonchev–Trinajstić information content (AvgIpc) is 3.39. The lowest BCUT2D eigenvalue weighted by Crippen LogP contribution is -2.47. The van der Waals surface area contributed by atoms with Gasteiger partial charge in [-0.2, -0.15) is 0 Å². The van der Waals surface area contributed by atoms with Gasteiger partial charge in [0, 0.05) is 30.8 Å². The van der Waals surface area contributed by atoms with Crippen LogP contribution in [0.15, 0.2) is 24.3 Å². The molecule has 1 spiro atoms. The minimum Gasteiger partial charge on any atom is -0.497 e. The number of benzene rings is 1. The second kappa shape index (κ2) is 6.28. The van der Waals surface area contributed by atoms with Crippen LogP contribution in [0.5, 0.6) is 5.75 Å². The monoisotopic (exact) mass is 330 g/mol. The third kappa shape index (κ3) is 3.22. The van der Waals surface area contributed by atoms with Crippen molar-refractivity contribution >= 4 is 11.6 Å². The van der Waals surface area contributed by atoms with Gasteiger partial charge in [0.05, 0.1) is 25.4 Å². The van der Waals surface area contributed by atoms with Crippen molar-refractivity contribution in [3.05, 3.63) is 24.3 Å². The molecule has 1 atom stereocenters. The molecule has 5 heteroatoms. The predicted octanol–water partition coefficient (Wildman–Crippen LogP) is 2.67. The molecule has 0 bridgehead atoms. The van der Waals surface area contributed by atoms with Crippen molar-refractivity contribution in [2.45, 2.75) is 43.7 Å². The predicted molar refractivity (Wildman–Crippen MR) is 92.2 cm³/mol. The van der Waals surface area contributed by atoms with E-state index in [1.807, 2.05) is 18.2 Å². The first-order chi connectivity index (χ1) is 11.7. The summed E-state index contributed by atoms with van der Waals surface area (Å²) in [5.41, 5.74) is 1.03. The third-order valence-electron chi connectivity index (χ3n) is 5.56. The van der Waals surface area contributed by atoms with E-state index in [2.05, 4.69) is 16.3 Å². The highest BCUT2D eigenvalue weighted by molar-refractivity contribution is 5.81. The van der Waals surface area contributed by atoms with Crippen molar-refractivity contribution in [1.29, 1.82) is 0 Å². The van der Waals surface area contributed by atoms with Crippen LogP contribution in [0.1, 0.15) is 32.1 Å². The van der Waals surface area contributed by atoms with Crippen LogP contribution in [0.4, 0.5) is 5.69 Å². The van der Waals surface area contributed by atoms with E-state index in [-0.39, 0.29) is 5.60 Å². The maximum Gasteiger partial charge on any atom is 0.225 e. The van der Waals surface area contributed by atoms with Crippen LogP contribution in [-0.2, 0) is 9.53 Å². The van der Waals surface area contributed by atoms with Crippen LogP contribution >= 0.6 is 0 Å². The molecule has 3 aliphatic rings. The summed E-state index contributed by atoms with van der Waals surface area (Å²) in [7, 11) is 1.68. The zero-order valence-electron chi connectivity index (χ0n) is 14.3. The molecule has 3 fully saturated rings. The van der Waals surface area contributed by atoms with Crippen molar-refractivity contribution in [3.8, 4) is 5.75 Å². The van der Waals surface area contributed by atoms with Crippen molar-refractivity contribution in [1.82, 2.24) is 4.90 Å². The fourth-order valence-electron chi connectivity index (χ4n) is 3.96. The van der Waals surface area contributed by atoms with E-state index >= 15 is 0 Å². The quantitative estimate of drug-likeness (QED) is 0.922. The van der Waals surface area contributed by atoms with Gasteiger partial charge in [-0.15, -0.1) is 0 Å². The van der Waals surface area contributed by atoms with Crippen LogP contribution in [-0.4, -0.2) is 49.3 Å². The molecule has 0 radical (unpaired) electrons. The Morgan fingerprint density at radius 1 is 1.33 bits per heavy atom. The highest BCUT2D eigenvalue weighted by Crippen LogP contribution is 2.39. The number of anilines is 1. The lowest BCUT2D eigenvalue weighted by molar-refractivity contribution is -0.137. The summed E-state index contributed by atoms with van der Waals surface area (Å²) in [4.78, 5) is 14.2. The normalized spacial score (nSPS) is 25.7. The molecule has 1 aromatic carbocycles. The molecule has 1 amide bonds. The first-order valence-electron chi connectivity index (χ1n) is 9.01. The van der Waals surface area contributed by atoms with E-state index in [9.17, 15) is 4.79 Å². The molecule has 24 heavy (non-hydrogen) atoms. The third-order valence-corrected chi connectivity index (χ3v) is 5.56. The molecular weight excluding hydrogens is 304 g/mol. The number of amides is 1. The highest BCUT2D eigenvalue weighted by atomic mass is 16.5.